The number of thioether (sulfide) groups is 1. The van der Waals surface area contributed by atoms with Gasteiger partial charge < -0.3 is 9.47 Å². The maximum absolute atomic E-state index is 11.6. The molecule has 23 heavy (non-hydrogen) atoms. The van der Waals surface area contributed by atoms with Crippen molar-refractivity contribution in [1.29, 1.82) is 0 Å². The highest BCUT2D eigenvalue weighted by molar-refractivity contribution is 7.99. The smallest absolute Gasteiger partial charge is 0.312 e. The van der Waals surface area contributed by atoms with E-state index in [1.165, 1.54) is 0 Å². The zero-order valence-corrected chi connectivity index (χ0v) is 14.2. The van der Waals surface area contributed by atoms with Crippen molar-refractivity contribution in [2.45, 2.75) is 16.2 Å². The molecule has 0 aliphatic heterocycles. The van der Waals surface area contributed by atoms with E-state index in [-0.39, 0.29) is 5.97 Å². The molecule has 0 fully saturated rings. The van der Waals surface area contributed by atoms with Crippen LogP contribution >= 0.6 is 23.5 Å². The molecular weight excluding hydrogens is 332 g/mol. The zero-order chi connectivity index (χ0) is 16.5. The van der Waals surface area contributed by atoms with Crippen LogP contribution in [-0.4, -0.2) is 24.5 Å². The molecule has 0 atom stereocenters. The molecular formula is C17H16O4S2. The Labute approximate surface area is 143 Å². The molecule has 2 aromatic carbocycles. The maximum atomic E-state index is 11.6. The summed E-state index contributed by atoms with van der Waals surface area (Å²) in [7, 11) is 0. The summed E-state index contributed by atoms with van der Waals surface area (Å²) < 4.78 is 10.0. The van der Waals surface area contributed by atoms with Gasteiger partial charge in [-0.3, -0.25) is 9.59 Å². The minimum absolute atomic E-state index is 0.217. The van der Waals surface area contributed by atoms with Crippen LogP contribution < -0.4 is 9.47 Å². The Morgan fingerprint density at radius 2 is 1.57 bits per heavy atom. The lowest BCUT2D eigenvalue weighted by atomic mass is 10.3. The highest BCUT2D eigenvalue weighted by Gasteiger charge is 2.05. The summed E-state index contributed by atoms with van der Waals surface area (Å²) in [5.41, 5.74) is 0. The van der Waals surface area contributed by atoms with Crippen molar-refractivity contribution in [2.24, 2.45) is 0 Å². The number of esters is 1. The van der Waals surface area contributed by atoms with E-state index in [9.17, 15) is 9.59 Å². The van der Waals surface area contributed by atoms with Gasteiger partial charge in [-0.1, -0.05) is 11.8 Å². The average Bonchev–Trinajstić information content (AvgIpc) is 2.57. The van der Waals surface area contributed by atoms with Gasteiger partial charge in [-0.2, -0.15) is 11.8 Å². The van der Waals surface area contributed by atoms with E-state index in [4.69, 9.17) is 9.47 Å². The summed E-state index contributed by atoms with van der Waals surface area (Å²) in [6.07, 6.45) is 2.36. The number of carbonyl (C=O) groups is 2. The van der Waals surface area contributed by atoms with Crippen LogP contribution in [0.1, 0.15) is 6.42 Å². The van der Waals surface area contributed by atoms with E-state index in [0.29, 0.717) is 24.4 Å². The van der Waals surface area contributed by atoms with Crippen molar-refractivity contribution in [3.8, 4) is 11.5 Å². The molecule has 0 aromatic heterocycles. The van der Waals surface area contributed by atoms with Gasteiger partial charge in [-0.15, -0.1) is 0 Å². The molecule has 0 N–H and O–H groups in total. The summed E-state index contributed by atoms with van der Waals surface area (Å²) in [5, 5.41) is 0. The average molecular weight is 348 g/mol. The Kier molecular flexibility index (Phi) is 7.03. The summed E-state index contributed by atoms with van der Waals surface area (Å²) in [6, 6.07) is 14.6. The van der Waals surface area contributed by atoms with Gasteiger partial charge in [-0.25, -0.2) is 0 Å². The Hall–Kier alpha value is -1.92. The summed E-state index contributed by atoms with van der Waals surface area (Å²) in [4.78, 5) is 23.9. The molecule has 4 nitrogen and oxygen atoms in total. The lowest BCUT2D eigenvalue weighted by Gasteiger charge is -2.06. The molecule has 0 heterocycles. The zero-order valence-electron chi connectivity index (χ0n) is 12.6. The van der Waals surface area contributed by atoms with Crippen LogP contribution in [0.25, 0.3) is 0 Å². The molecule has 0 aliphatic rings. The van der Waals surface area contributed by atoms with Gasteiger partial charge in [0, 0.05) is 15.5 Å². The Morgan fingerprint density at radius 3 is 2.09 bits per heavy atom. The van der Waals surface area contributed by atoms with Crippen LogP contribution in [0.15, 0.2) is 58.3 Å². The molecule has 0 aliphatic carbocycles. The van der Waals surface area contributed by atoms with Crippen molar-refractivity contribution in [3.63, 3.8) is 0 Å². The monoisotopic (exact) mass is 348 g/mol. The number of hydrogen-bond donors (Lipinski definition) is 0. The Morgan fingerprint density at radius 1 is 1.00 bits per heavy atom. The number of carbonyl (C=O) groups excluding carboxylic acids is 2. The van der Waals surface area contributed by atoms with E-state index in [2.05, 4.69) is 0 Å². The fraction of sp³-hybridized carbons (Fsp3) is 0.176. The SMILES string of the molecule is CSCCC(=O)Oc1ccc(Sc2ccc(OC=O)cc2)cc1. The summed E-state index contributed by atoms with van der Waals surface area (Å²) >= 11 is 3.18. The molecule has 2 rings (SSSR count). The molecule has 6 heteroatoms. The first-order valence-corrected chi connectivity index (χ1v) is 9.10. The van der Waals surface area contributed by atoms with Gasteiger partial charge in [-0.05, 0) is 54.8 Å². The lowest BCUT2D eigenvalue weighted by Crippen LogP contribution is -2.08. The predicted octanol–water partition coefficient (Wildman–Crippen LogP) is 4.03. The van der Waals surface area contributed by atoms with Gasteiger partial charge in [0.05, 0.1) is 6.42 Å². The van der Waals surface area contributed by atoms with E-state index in [0.717, 1.165) is 15.5 Å². The number of rotatable bonds is 8. The minimum Gasteiger partial charge on any atom is -0.429 e. The molecule has 0 unspecified atom stereocenters. The highest BCUT2D eigenvalue weighted by Crippen LogP contribution is 2.30. The third-order valence-electron chi connectivity index (χ3n) is 2.81. The molecule has 0 radical (unpaired) electrons. The number of ether oxygens (including phenoxy) is 2. The van der Waals surface area contributed by atoms with E-state index >= 15 is 0 Å². The van der Waals surface area contributed by atoms with Gasteiger partial charge in [0.25, 0.3) is 6.47 Å². The largest absolute Gasteiger partial charge is 0.429 e. The Balaban J connectivity index is 1.91. The van der Waals surface area contributed by atoms with Gasteiger partial charge >= 0.3 is 5.97 Å². The highest BCUT2D eigenvalue weighted by atomic mass is 32.2. The molecule has 0 bridgehead atoms. The van der Waals surface area contributed by atoms with Crippen LogP contribution in [0.4, 0.5) is 0 Å². The van der Waals surface area contributed by atoms with Crippen LogP contribution in [0.3, 0.4) is 0 Å². The number of benzene rings is 2. The molecule has 2 aromatic rings. The van der Waals surface area contributed by atoms with Gasteiger partial charge in [0.15, 0.2) is 0 Å². The number of hydrogen-bond acceptors (Lipinski definition) is 6. The second kappa shape index (κ2) is 9.27. The second-order valence-electron chi connectivity index (χ2n) is 4.48. The third-order valence-corrected chi connectivity index (χ3v) is 4.44. The van der Waals surface area contributed by atoms with Crippen molar-refractivity contribution < 1.29 is 19.1 Å². The molecule has 0 saturated carbocycles. The quantitative estimate of drug-likeness (QED) is 0.408. The fourth-order valence-corrected chi connectivity index (χ4v) is 2.91. The maximum Gasteiger partial charge on any atom is 0.312 e. The van der Waals surface area contributed by atoms with Crippen LogP contribution in [0.2, 0.25) is 0 Å². The van der Waals surface area contributed by atoms with E-state index in [1.54, 1.807) is 47.8 Å². The van der Waals surface area contributed by atoms with Crippen LogP contribution in [0.5, 0.6) is 11.5 Å². The van der Waals surface area contributed by atoms with E-state index in [1.807, 2.05) is 30.5 Å². The van der Waals surface area contributed by atoms with Crippen molar-refractivity contribution in [1.82, 2.24) is 0 Å². The lowest BCUT2D eigenvalue weighted by molar-refractivity contribution is -0.133. The topological polar surface area (TPSA) is 52.6 Å². The Bertz CT molecular complexity index is 639. The minimum atomic E-state index is -0.217. The first-order valence-electron chi connectivity index (χ1n) is 6.89. The molecule has 120 valence electrons. The first kappa shape index (κ1) is 17.4. The van der Waals surface area contributed by atoms with Crippen molar-refractivity contribution in [2.75, 3.05) is 12.0 Å². The predicted molar refractivity (Wildman–Crippen MR) is 92.3 cm³/mol. The van der Waals surface area contributed by atoms with Crippen LogP contribution in [0, 0.1) is 0 Å². The normalized spacial score (nSPS) is 10.1. The third kappa shape index (κ3) is 6.00. The first-order chi connectivity index (χ1) is 11.2. The van der Waals surface area contributed by atoms with Crippen LogP contribution in [-0.2, 0) is 9.59 Å². The summed E-state index contributed by atoms with van der Waals surface area (Å²) in [5.74, 6) is 1.61. The van der Waals surface area contributed by atoms with E-state index < -0.39 is 0 Å². The second-order valence-corrected chi connectivity index (χ2v) is 6.61. The summed E-state index contributed by atoms with van der Waals surface area (Å²) in [6.45, 7) is 0.404. The van der Waals surface area contributed by atoms with Gasteiger partial charge in [0.1, 0.15) is 11.5 Å². The van der Waals surface area contributed by atoms with Crippen molar-refractivity contribution in [3.05, 3.63) is 48.5 Å². The van der Waals surface area contributed by atoms with Crippen molar-refractivity contribution >= 4 is 36.0 Å². The fourth-order valence-electron chi connectivity index (χ4n) is 1.72. The molecule has 0 spiro atoms. The molecule has 0 amide bonds. The standard InChI is InChI=1S/C17H16O4S2/c1-22-11-10-17(19)21-14-4-8-16(9-5-14)23-15-6-2-13(3-7-15)20-12-18/h2-9,12H,10-11H2,1H3. The molecule has 0 saturated heterocycles. The van der Waals surface area contributed by atoms with Gasteiger partial charge in [0.2, 0.25) is 0 Å².